The molecule has 1 N–H and O–H groups in total. The van der Waals surface area contributed by atoms with Crippen LogP contribution in [0.15, 0.2) is 18.2 Å². The Hall–Kier alpha value is -1.72. The van der Waals surface area contributed by atoms with Crippen LogP contribution < -0.4 is 10.1 Å². The Labute approximate surface area is 96.6 Å². The van der Waals surface area contributed by atoms with E-state index in [1.807, 2.05) is 6.92 Å². The lowest BCUT2D eigenvalue weighted by atomic mass is 10.1. The van der Waals surface area contributed by atoms with Crippen molar-refractivity contribution in [1.29, 1.82) is 0 Å². The Morgan fingerprint density at radius 3 is 2.53 bits per heavy atom. The topological polar surface area (TPSA) is 38.3 Å². The molecule has 1 aromatic carbocycles. The molecule has 1 aromatic rings. The monoisotopic (exact) mass is 247 g/mol. The molecule has 1 rings (SSSR count). The smallest absolute Gasteiger partial charge is 0.471 e. The summed E-state index contributed by atoms with van der Waals surface area (Å²) >= 11 is 0. The predicted octanol–water partition coefficient (Wildman–Crippen LogP) is 2.76. The number of hydrogen-bond acceptors (Lipinski definition) is 2. The van der Waals surface area contributed by atoms with Crippen molar-refractivity contribution in [2.24, 2.45) is 0 Å². The van der Waals surface area contributed by atoms with Crippen LogP contribution in [-0.4, -0.2) is 19.2 Å². The number of methoxy groups -OCH3 is 1. The van der Waals surface area contributed by atoms with Crippen LogP contribution in [0.25, 0.3) is 0 Å². The Kier molecular flexibility index (Phi) is 3.98. The standard InChI is InChI=1S/C11H12F3NO2/c1-3-7-4-5-9(17-2)8(6-7)15-10(16)11(12,13)14/h4-6H,3H2,1-2H3,(H,15,16). The molecule has 1 amide bonds. The number of aryl methyl sites for hydroxylation is 1. The number of anilines is 1. The summed E-state index contributed by atoms with van der Waals surface area (Å²) in [7, 11) is 1.32. The van der Waals surface area contributed by atoms with Gasteiger partial charge in [0.2, 0.25) is 0 Å². The van der Waals surface area contributed by atoms with E-state index in [2.05, 4.69) is 0 Å². The van der Waals surface area contributed by atoms with Crippen molar-refractivity contribution in [3.05, 3.63) is 23.8 Å². The van der Waals surface area contributed by atoms with E-state index in [1.165, 1.54) is 19.2 Å². The minimum absolute atomic E-state index is 0.0224. The van der Waals surface area contributed by atoms with E-state index in [1.54, 1.807) is 11.4 Å². The van der Waals surface area contributed by atoms with Crippen LogP contribution in [0.2, 0.25) is 0 Å². The normalized spacial score (nSPS) is 11.1. The fourth-order valence-corrected chi connectivity index (χ4v) is 1.27. The highest BCUT2D eigenvalue weighted by Gasteiger charge is 2.39. The molecule has 0 spiro atoms. The maximum absolute atomic E-state index is 12.1. The summed E-state index contributed by atoms with van der Waals surface area (Å²) in [6.45, 7) is 1.86. The van der Waals surface area contributed by atoms with Gasteiger partial charge in [-0.3, -0.25) is 4.79 Å². The predicted molar refractivity (Wildman–Crippen MR) is 57.1 cm³/mol. The summed E-state index contributed by atoms with van der Waals surface area (Å²) < 4.78 is 41.2. The number of amides is 1. The van der Waals surface area contributed by atoms with Crippen molar-refractivity contribution in [1.82, 2.24) is 0 Å². The molecule has 0 unspecified atom stereocenters. The van der Waals surface area contributed by atoms with E-state index in [9.17, 15) is 18.0 Å². The maximum atomic E-state index is 12.1. The van der Waals surface area contributed by atoms with Gasteiger partial charge in [0.15, 0.2) is 0 Å². The average Bonchev–Trinajstić information content (AvgIpc) is 2.27. The summed E-state index contributed by atoms with van der Waals surface area (Å²) in [5, 5.41) is 1.79. The van der Waals surface area contributed by atoms with Crippen molar-refractivity contribution < 1.29 is 22.7 Å². The molecule has 0 fully saturated rings. The first-order valence-corrected chi connectivity index (χ1v) is 4.93. The Morgan fingerprint density at radius 1 is 1.41 bits per heavy atom. The molecule has 0 saturated heterocycles. The highest BCUT2D eigenvalue weighted by atomic mass is 19.4. The van der Waals surface area contributed by atoms with Gasteiger partial charge in [-0.2, -0.15) is 13.2 Å². The molecular weight excluding hydrogens is 235 g/mol. The van der Waals surface area contributed by atoms with Gasteiger partial charge in [-0.1, -0.05) is 13.0 Å². The molecule has 0 heterocycles. The van der Waals surface area contributed by atoms with Gasteiger partial charge in [-0.15, -0.1) is 0 Å². The van der Waals surface area contributed by atoms with Crippen LogP contribution in [0.5, 0.6) is 5.75 Å². The summed E-state index contributed by atoms with van der Waals surface area (Å²) in [6.07, 6.45) is -4.26. The number of alkyl halides is 3. The van der Waals surface area contributed by atoms with E-state index in [0.29, 0.717) is 6.42 Å². The number of benzene rings is 1. The van der Waals surface area contributed by atoms with E-state index in [0.717, 1.165) is 5.56 Å². The zero-order valence-electron chi connectivity index (χ0n) is 9.39. The average molecular weight is 247 g/mol. The van der Waals surface area contributed by atoms with Gasteiger partial charge in [-0.25, -0.2) is 0 Å². The first-order valence-electron chi connectivity index (χ1n) is 4.93. The highest BCUT2D eigenvalue weighted by molar-refractivity contribution is 5.96. The molecule has 0 saturated carbocycles. The first-order chi connectivity index (χ1) is 7.88. The summed E-state index contributed by atoms with van der Waals surface area (Å²) in [4.78, 5) is 10.8. The fraction of sp³-hybridized carbons (Fsp3) is 0.364. The van der Waals surface area contributed by atoms with Crippen LogP contribution in [0.3, 0.4) is 0 Å². The molecular formula is C11H12F3NO2. The second-order valence-electron chi connectivity index (χ2n) is 3.34. The minimum Gasteiger partial charge on any atom is -0.495 e. The first kappa shape index (κ1) is 13.3. The van der Waals surface area contributed by atoms with E-state index in [-0.39, 0.29) is 11.4 Å². The molecule has 0 atom stereocenters. The summed E-state index contributed by atoms with van der Waals surface area (Å²) in [5.41, 5.74) is 0.831. The molecule has 94 valence electrons. The van der Waals surface area contributed by atoms with Gasteiger partial charge < -0.3 is 10.1 Å². The maximum Gasteiger partial charge on any atom is 0.471 e. The number of ether oxygens (including phenoxy) is 1. The van der Waals surface area contributed by atoms with E-state index < -0.39 is 12.1 Å². The number of carbonyl (C=O) groups is 1. The molecule has 6 heteroatoms. The third-order valence-electron chi connectivity index (χ3n) is 2.18. The van der Waals surface area contributed by atoms with E-state index >= 15 is 0 Å². The minimum atomic E-state index is -4.91. The number of carbonyl (C=O) groups excluding carboxylic acids is 1. The zero-order chi connectivity index (χ0) is 13.1. The summed E-state index contributed by atoms with van der Waals surface area (Å²) in [6, 6.07) is 4.70. The molecule has 0 aliphatic carbocycles. The second kappa shape index (κ2) is 5.07. The van der Waals surface area contributed by atoms with Crippen molar-refractivity contribution >= 4 is 11.6 Å². The Bertz CT molecular complexity index is 416. The van der Waals surface area contributed by atoms with Crippen LogP contribution in [0.1, 0.15) is 12.5 Å². The lowest BCUT2D eigenvalue weighted by molar-refractivity contribution is -0.167. The second-order valence-corrected chi connectivity index (χ2v) is 3.34. The number of halogens is 3. The van der Waals surface area contributed by atoms with Gasteiger partial charge in [0.05, 0.1) is 12.8 Å². The van der Waals surface area contributed by atoms with Crippen molar-refractivity contribution in [3.63, 3.8) is 0 Å². The van der Waals surface area contributed by atoms with Crippen molar-refractivity contribution in [3.8, 4) is 5.75 Å². The van der Waals surface area contributed by atoms with Crippen LogP contribution in [0, 0.1) is 0 Å². The fourth-order valence-electron chi connectivity index (χ4n) is 1.27. The van der Waals surface area contributed by atoms with Crippen LogP contribution in [-0.2, 0) is 11.2 Å². The molecule has 3 nitrogen and oxygen atoms in total. The third-order valence-corrected chi connectivity index (χ3v) is 2.18. The van der Waals surface area contributed by atoms with Gasteiger partial charge in [0.1, 0.15) is 5.75 Å². The molecule has 0 aromatic heterocycles. The van der Waals surface area contributed by atoms with Gasteiger partial charge in [0, 0.05) is 0 Å². The molecule has 17 heavy (non-hydrogen) atoms. The highest BCUT2D eigenvalue weighted by Crippen LogP contribution is 2.27. The Balaban J connectivity index is 2.99. The van der Waals surface area contributed by atoms with Gasteiger partial charge >= 0.3 is 12.1 Å². The van der Waals surface area contributed by atoms with Crippen LogP contribution in [0.4, 0.5) is 18.9 Å². The van der Waals surface area contributed by atoms with Gasteiger partial charge in [0.25, 0.3) is 0 Å². The van der Waals surface area contributed by atoms with Gasteiger partial charge in [-0.05, 0) is 24.1 Å². The number of nitrogens with one attached hydrogen (secondary N) is 1. The van der Waals surface area contributed by atoms with Crippen molar-refractivity contribution in [2.75, 3.05) is 12.4 Å². The quantitative estimate of drug-likeness (QED) is 0.891. The lowest BCUT2D eigenvalue weighted by Gasteiger charge is -2.12. The SMILES string of the molecule is CCc1ccc(OC)c(NC(=O)C(F)(F)F)c1. The third kappa shape index (κ3) is 3.37. The number of hydrogen-bond donors (Lipinski definition) is 1. The largest absolute Gasteiger partial charge is 0.495 e. The van der Waals surface area contributed by atoms with Crippen LogP contribution >= 0.6 is 0 Å². The zero-order valence-corrected chi connectivity index (χ0v) is 9.39. The van der Waals surface area contributed by atoms with E-state index in [4.69, 9.17) is 4.74 Å². The molecule has 0 bridgehead atoms. The molecule has 0 aliphatic heterocycles. The molecule has 0 aliphatic rings. The molecule has 0 radical (unpaired) electrons. The Morgan fingerprint density at radius 2 is 2.06 bits per heavy atom. The summed E-state index contributed by atoms with van der Waals surface area (Å²) in [5.74, 6) is -1.82. The van der Waals surface area contributed by atoms with Crippen molar-refractivity contribution in [2.45, 2.75) is 19.5 Å². The lowest BCUT2D eigenvalue weighted by Crippen LogP contribution is -2.30. The number of rotatable bonds is 3.